The van der Waals surface area contributed by atoms with Gasteiger partial charge in [0.05, 0.1) is 18.7 Å². The van der Waals surface area contributed by atoms with Gasteiger partial charge in [-0.05, 0) is 86.1 Å². The maximum atomic E-state index is 5.80. The first-order valence-corrected chi connectivity index (χ1v) is 12.2. The van der Waals surface area contributed by atoms with Gasteiger partial charge in [0.1, 0.15) is 5.75 Å². The van der Waals surface area contributed by atoms with E-state index >= 15 is 0 Å². The summed E-state index contributed by atoms with van der Waals surface area (Å²) in [6, 6.07) is 8.99. The summed E-state index contributed by atoms with van der Waals surface area (Å²) in [6.07, 6.45) is 6.45. The number of aromatic nitrogens is 1. The van der Waals surface area contributed by atoms with Crippen LogP contribution in [-0.4, -0.2) is 47.3 Å². The van der Waals surface area contributed by atoms with E-state index in [0.29, 0.717) is 34.9 Å². The van der Waals surface area contributed by atoms with Crippen molar-refractivity contribution in [1.82, 2.24) is 20.5 Å². The molecule has 2 N–H and O–H groups in total. The molecule has 6 heteroatoms. The molecule has 1 aromatic carbocycles. The Morgan fingerprint density at radius 1 is 1.28 bits per heavy atom. The smallest absolute Gasteiger partial charge is 0.167 e. The number of rotatable bonds is 7. The summed E-state index contributed by atoms with van der Waals surface area (Å²) in [5, 5.41) is 9.05. The molecule has 1 unspecified atom stereocenters. The van der Waals surface area contributed by atoms with Crippen LogP contribution in [0.15, 0.2) is 43.1 Å². The van der Waals surface area contributed by atoms with Crippen molar-refractivity contribution in [1.29, 1.82) is 0 Å². The van der Waals surface area contributed by atoms with Crippen molar-refractivity contribution in [2.24, 2.45) is 17.8 Å². The minimum Gasteiger partial charge on any atom is -0.497 e. The zero-order valence-corrected chi connectivity index (χ0v) is 20.5. The second-order valence-corrected chi connectivity index (χ2v) is 10.1. The van der Waals surface area contributed by atoms with Crippen LogP contribution < -0.4 is 15.4 Å². The summed E-state index contributed by atoms with van der Waals surface area (Å²) < 4.78 is 5.53. The van der Waals surface area contributed by atoms with Gasteiger partial charge in [-0.3, -0.25) is 9.88 Å². The normalized spacial score (nSPS) is 26.5. The fourth-order valence-corrected chi connectivity index (χ4v) is 5.52. The largest absolute Gasteiger partial charge is 0.497 e. The Morgan fingerprint density at radius 2 is 2.09 bits per heavy atom. The van der Waals surface area contributed by atoms with Crippen LogP contribution in [0.4, 0.5) is 0 Å². The fraction of sp³-hybridized carbons (Fsp3) is 0.538. The van der Waals surface area contributed by atoms with Gasteiger partial charge in [0, 0.05) is 30.2 Å². The van der Waals surface area contributed by atoms with Crippen LogP contribution in [0.2, 0.25) is 0 Å². The van der Waals surface area contributed by atoms with Crippen LogP contribution in [0.25, 0.3) is 10.9 Å². The van der Waals surface area contributed by atoms with Crippen LogP contribution >= 0.6 is 12.2 Å². The molecule has 0 radical (unpaired) electrons. The van der Waals surface area contributed by atoms with Gasteiger partial charge < -0.3 is 15.4 Å². The molecule has 6 atom stereocenters. The Kier molecular flexibility index (Phi) is 7.01. The summed E-state index contributed by atoms with van der Waals surface area (Å²) in [4.78, 5) is 7.24. The number of fused-ring (bicyclic) bond motifs is 4. The minimum absolute atomic E-state index is 0.0699. The minimum atomic E-state index is 0.0699. The van der Waals surface area contributed by atoms with E-state index in [2.05, 4.69) is 66.1 Å². The first kappa shape index (κ1) is 23.0. The van der Waals surface area contributed by atoms with Crippen LogP contribution in [0.5, 0.6) is 5.75 Å². The third-order valence-electron chi connectivity index (χ3n) is 7.50. The summed E-state index contributed by atoms with van der Waals surface area (Å²) in [6.45, 7) is 12.9. The summed E-state index contributed by atoms with van der Waals surface area (Å²) >= 11 is 5.80. The van der Waals surface area contributed by atoms with E-state index in [0.717, 1.165) is 36.2 Å². The van der Waals surface area contributed by atoms with Crippen LogP contribution in [0.3, 0.4) is 0 Å². The molecule has 32 heavy (non-hydrogen) atoms. The lowest BCUT2D eigenvalue weighted by Gasteiger charge is -2.52. The molecule has 2 bridgehead atoms. The highest BCUT2D eigenvalue weighted by Gasteiger charge is 2.43. The second-order valence-electron chi connectivity index (χ2n) is 9.66. The van der Waals surface area contributed by atoms with Gasteiger partial charge in [0.15, 0.2) is 5.11 Å². The van der Waals surface area contributed by atoms with Gasteiger partial charge in [-0.2, -0.15) is 0 Å². The molecule has 0 spiro atoms. The van der Waals surface area contributed by atoms with Gasteiger partial charge in [0.2, 0.25) is 0 Å². The number of methoxy groups -OCH3 is 1. The molecule has 5 nitrogen and oxygen atoms in total. The molecule has 3 saturated heterocycles. The summed E-state index contributed by atoms with van der Waals surface area (Å²) in [7, 11) is 1.71. The van der Waals surface area contributed by atoms with E-state index in [1.54, 1.807) is 7.11 Å². The standard InChI is InChI=1S/C26H36N4OS/c1-6-18-15-30-12-10-19(18)13-24(30)25(29-26(32)28-17(4)16(2)3)21-9-11-27-23-8-7-20(31-5)14-22(21)23/h6-9,11,14,16-19,24-25H,1,10,12-13,15H2,2-5H3,(H2,28,29,32)/t17-,18-,19-,24+,25+/m0/s1. The van der Waals surface area contributed by atoms with Gasteiger partial charge in [-0.15, -0.1) is 6.58 Å². The molecule has 5 rings (SSSR count). The van der Waals surface area contributed by atoms with Crippen molar-refractivity contribution in [3.05, 3.63) is 48.7 Å². The van der Waals surface area contributed by atoms with Crippen molar-refractivity contribution in [2.75, 3.05) is 20.2 Å². The number of nitrogens with one attached hydrogen (secondary N) is 2. The van der Waals surface area contributed by atoms with Crippen molar-refractivity contribution >= 4 is 28.2 Å². The Bertz CT molecular complexity index is 977. The third-order valence-corrected chi connectivity index (χ3v) is 7.74. The van der Waals surface area contributed by atoms with Crippen LogP contribution in [0.1, 0.15) is 45.2 Å². The second kappa shape index (κ2) is 9.75. The molecule has 0 saturated carbocycles. The quantitative estimate of drug-likeness (QED) is 0.470. The molecule has 2 aromatic rings. The Balaban J connectivity index is 1.71. The summed E-state index contributed by atoms with van der Waals surface area (Å²) in [5.74, 6) is 2.62. The number of hydrogen-bond acceptors (Lipinski definition) is 4. The molecule has 0 amide bonds. The lowest BCUT2D eigenvalue weighted by molar-refractivity contribution is 0.00426. The van der Waals surface area contributed by atoms with Crippen molar-refractivity contribution in [2.45, 2.75) is 51.7 Å². The maximum absolute atomic E-state index is 5.80. The zero-order chi connectivity index (χ0) is 22.8. The lowest BCUT2D eigenvalue weighted by Crippen LogP contribution is -2.58. The maximum Gasteiger partial charge on any atom is 0.167 e. The van der Waals surface area contributed by atoms with Crippen molar-refractivity contribution < 1.29 is 4.74 Å². The number of pyridine rings is 1. The zero-order valence-electron chi connectivity index (χ0n) is 19.7. The van der Waals surface area contributed by atoms with Gasteiger partial charge in [-0.1, -0.05) is 19.9 Å². The van der Waals surface area contributed by atoms with E-state index in [1.165, 1.54) is 12.0 Å². The predicted molar refractivity (Wildman–Crippen MR) is 136 cm³/mol. The van der Waals surface area contributed by atoms with Crippen molar-refractivity contribution in [3.63, 3.8) is 0 Å². The van der Waals surface area contributed by atoms with E-state index in [-0.39, 0.29) is 6.04 Å². The van der Waals surface area contributed by atoms with E-state index in [9.17, 15) is 0 Å². The molecule has 1 aromatic heterocycles. The highest BCUT2D eigenvalue weighted by Crippen LogP contribution is 2.42. The van der Waals surface area contributed by atoms with Gasteiger partial charge in [0.25, 0.3) is 0 Å². The molecule has 4 heterocycles. The number of nitrogens with zero attached hydrogens (tertiary/aromatic N) is 2. The summed E-state index contributed by atoms with van der Waals surface area (Å²) in [5.41, 5.74) is 2.20. The fourth-order valence-electron chi connectivity index (χ4n) is 5.21. The van der Waals surface area contributed by atoms with E-state index < -0.39 is 0 Å². The first-order chi connectivity index (χ1) is 15.4. The predicted octanol–water partition coefficient (Wildman–Crippen LogP) is 4.69. The molecule has 3 fully saturated rings. The molecule has 3 aliphatic rings. The molecule has 3 aliphatic heterocycles. The molecule has 0 aliphatic carbocycles. The average molecular weight is 453 g/mol. The number of hydrogen-bond donors (Lipinski definition) is 2. The topological polar surface area (TPSA) is 49.4 Å². The molecular weight excluding hydrogens is 416 g/mol. The number of benzene rings is 1. The van der Waals surface area contributed by atoms with Gasteiger partial charge in [-0.25, -0.2) is 0 Å². The highest BCUT2D eigenvalue weighted by molar-refractivity contribution is 7.80. The Morgan fingerprint density at radius 3 is 2.75 bits per heavy atom. The number of piperidine rings is 3. The monoisotopic (exact) mass is 452 g/mol. The average Bonchev–Trinajstić information content (AvgIpc) is 2.81. The SMILES string of the molecule is C=C[C@H]1CN2CC[C@H]1C[C@@H]2[C@H](NC(=S)N[C@@H](C)C(C)C)c1ccnc2ccc(OC)cc12. The number of thiocarbonyl (C=S) groups is 1. The Labute approximate surface area is 197 Å². The number of ether oxygens (including phenoxy) is 1. The lowest BCUT2D eigenvalue weighted by atomic mass is 9.73. The van der Waals surface area contributed by atoms with Crippen LogP contribution in [0, 0.1) is 17.8 Å². The Hall–Kier alpha value is -2.18. The first-order valence-electron chi connectivity index (χ1n) is 11.8. The molecule has 172 valence electrons. The highest BCUT2D eigenvalue weighted by atomic mass is 32.1. The van der Waals surface area contributed by atoms with Gasteiger partial charge >= 0.3 is 0 Å². The van der Waals surface area contributed by atoms with Crippen LogP contribution in [-0.2, 0) is 0 Å². The molecular formula is C26H36N4OS. The van der Waals surface area contributed by atoms with Crippen molar-refractivity contribution in [3.8, 4) is 5.75 Å². The van der Waals surface area contributed by atoms with E-state index in [1.807, 2.05) is 18.3 Å². The third kappa shape index (κ3) is 4.62. The van der Waals surface area contributed by atoms with E-state index in [4.69, 9.17) is 17.0 Å².